The average molecular weight is 366 g/mol. The highest BCUT2D eigenvalue weighted by Crippen LogP contribution is 2.34. The minimum atomic E-state index is -4.82. The van der Waals surface area contributed by atoms with Crippen molar-refractivity contribution in [1.29, 1.82) is 0 Å². The molecule has 0 aliphatic rings. The lowest BCUT2D eigenvalue weighted by atomic mass is 10.6. The lowest BCUT2D eigenvalue weighted by molar-refractivity contribution is 0.208. The molecule has 12 heteroatoms. The van der Waals surface area contributed by atoms with Crippen molar-refractivity contribution in [3.63, 3.8) is 0 Å². The number of hydrogen-bond acceptors (Lipinski definition) is 8. The van der Waals surface area contributed by atoms with Gasteiger partial charge < -0.3 is 14.9 Å². The topological polar surface area (TPSA) is 172 Å². The van der Waals surface area contributed by atoms with Gasteiger partial charge in [0.25, 0.3) is 0 Å². The molecule has 3 heterocycles. The van der Waals surface area contributed by atoms with Gasteiger partial charge in [0.2, 0.25) is 0 Å². The van der Waals surface area contributed by atoms with E-state index in [0.29, 0.717) is 0 Å². The van der Waals surface area contributed by atoms with Crippen LogP contribution in [0.5, 0.6) is 0 Å². The molecule has 0 bridgehead atoms. The molecule has 0 aromatic carbocycles. The first kappa shape index (κ1) is 21.9. The predicted octanol–water partition coefficient (Wildman–Crippen LogP) is 1.27. The highest BCUT2D eigenvalue weighted by molar-refractivity contribution is 7.69. The van der Waals surface area contributed by atoms with E-state index in [9.17, 15) is 9.36 Å². The highest BCUT2D eigenvalue weighted by atomic mass is 31.2. The van der Waals surface area contributed by atoms with Crippen molar-refractivity contribution in [3.8, 4) is 0 Å². The van der Waals surface area contributed by atoms with Crippen molar-refractivity contribution in [2.45, 2.75) is 0 Å². The third kappa shape index (κ3) is 17.1. The lowest BCUT2D eigenvalue weighted by Gasteiger charge is -1.90. The summed E-state index contributed by atoms with van der Waals surface area (Å²) in [4.78, 5) is 24.5. The SMILES string of the molecule is O=C(O)P(=O)(O)O.c1ccnnc1.c1ccnnc1.c1ccnnc1. The summed E-state index contributed by atoms with van der Waals surface area (Å²) < 4.78 is 9.43. The summed E-state index contributed by atoms with van der Waals surface area (Å²) in [5, 5.41) is 28.7. The molecule has 3 aromatic heterocycles. The van der Waals surface area contributed by atoms with E-state index in [1.807, 2.05) is 36.4 Å². The normalized spacial score (nSPS) is 8.88. The average Bonchev–Trinajstić information content (AvgIpc) is 2.67. The Balaban J connectivity index is 0.000000307. The van der Waals surface area contributed by atoms with Crippen LogP contribution in [-0.2, 0) is 4.57 Å². The predicted molar refractivity (Wildman–Crippen MR) is 86.2 cm³/mol. The van der Waals surface area contributed by atoms with Crippen LogP contribution in [0, 0.1) is 0 Å². The monoisotopic (exact) mass is 366 g/mol. The van der Waals surface area contributed by atoms with E-state index in [1.54, 1.807) is 37.2 Å². The Hall–Kier alpha value is -3.14. The fourth-order valence-electron chi connectivity index (χ4n) is 0.760. The van der Waals surface area contributed by atoms with E-state index in [-0.39, 0.29) is 0 Å². The summed E-state index contributed by atoms with van der Waals surface area (Å²) >= 11 is 0. The molecule has 0 spiro atoms. The second-order valence-corrected chi connectivity index (χ2v) is 5.04. The van der Waals surface area contributed by atoms with Crippen LogP contribution in [0.2, 0.25) is 0 Å². The first-order valence-electron chi connectivity index (χ1n) is 6.38. The molecule has 3 N–H and O–H groups in total. The third-order valence-corrected chi connectivity index (χ3v) is 2.20. The molecular formula is C13H15N6O5P. The van der Waals surface area contributed by atoms with Crippen molar-refractivity contribution in [2.24, 2.45) is 0 Å². The standard InChI is InChI=1S/3C4H4N2.CH3O5P/c3*1-2-4-6-5-3-1;2-1(3)7(4,5)6/h3*1-4H;(H,2,3)(H2,4,5,6). The van der Waals surface area contributed by atoms with Crippen molar-refractivity contribution in [3.05, 3.63) is 73.6 Å². The molecule has 25 heavy (non-hydrogen) atoms. The quantitative estimate of drug-likeness (QED) is 0.529. The van der Waals surface area contributed by atoms with Crippen LogP contribution in [-0.4, -0.2) is 51.2 Å². The molecule has 132 valence electrons. The van der Waals surface area contributed by atoms with Crippen LogP contribution >= 0.6 is 7.60 Å². The first-order valence-corrected chi connectivity index (χ1v) is 8.00. The molecule has 0 saturated heterocycles. The molecule has 3 rings (SSSR count). The Bertz CT molecular complexity index is 547. The van der Waals surface area contributed by atoms with Gasteiger partial charge in [-0.15, -0.1) is 0 Å². The number of hydrogen-bond donors (Lipinski definition) is 3. The Labute approximate surface area is 142 Å². The van der Waals surface area contributed by atoms with Gasteiger partial charge in [0.15, 0.2) is 0 Å². The second kappa shape index (κ2) is 14.5. The maximum Gasteiger partial charge on any atom is 0.433 e. The van der Waals surface area contributed by atoms with Crippen LogP contribution in [0.1, 0.15) is 0 Å². The third-order valence-electron chi connectivity index (χ3n) is 1.70. The van der Waals surface area contributed by atoms with Crippen LogP contribution in [0.25, 0.3) is 0 Å². The van der Waals surface area contributed by atoms with E-state index in [0.717, 1.165) is 0 Å². The van der Waals surface area contributed by atoms with Gasteiger partial charge in [0.05, 0.1) is 0 Å². The van der Waals surface area contributed by atoms with Gasteiger partial charge in [-0.3, -0.25) is 0 Å². The number of aromatic nitrogens is 6. The molecule has 0 aliphatic carbocycles. The van der Waals surface area contributed by atoms with Crippen molar-refractivity contribution in [2.75, 3.05) is 0 Å². The summed E-state index contributed by atoms with van der Waals surface area (Å²) in [5.74, 6) is 0. The zero-order chi connectivity index (χ0) is 18.8. The van der Waals surface area contributed by atoms with Crippen LogP contribution in [0.15, 0.2) is 73.6 Å². The van der Waals surface area contributed by atoms with Crippen LogP contribution in [0.4, 0.5) is 4.79 Å². The van der Waals surface area contributed by atoms with Gasteiger partial charge in [-0.05, 0) is 36.4 Å². The number of carbonyl (C=O) groups is 1. The van der Waals surface area contributed by atoms with E-state index >= 15 is 0 Å². The number of nitrogens with zero attached hydrogens (tertiary/aromatic N) is 6. The van der Waals surface area contributed by atoms with Gasteiger partial charge in [0.1, 0.15) is 0 Å². The fourth-order valence-corrected chi connectivity index (χ4v) is 0.760. The highest BCUT2D eigenvalue weighted by Gasteiger charge is 2.23. The zero-order valence-corrected chi connectivity index (χ0v) is 13.6. The largest absolute Gasteiger partial charge is 0.472 e. The molecule has 0 aliphatic heterocycles. The maximum atomic E-state index is 9.43. The Kier molecular flexibility index (Phi) is 12.6. The first-order chi connectivity index (χ1) is 11.9. The molecule has 0 atom stereocenters. The Morgan fingerprint density at radius 1 is 0.600 bits per heavy atom. The van der Waals surface area contributed by atoms with E-state index in [4.69, 9.17) is 14.9 Å². The lowest BCUT2D eigenvalue weighted by Crippen LogP contribution is -1.90. The second-order valence-electron chi connectivity index (χ2n) is 3.57. The summed E-state index contributed by atoms with van der Waals surface area (Å²) in [5.41, 5.74) is -2.09. The smallest absolute Gasteiger partial charge is 0.433 e. The molecule has 3 aromatic rings. The van der Waals surface area contributed by atoms with Gasteiger partial charge in [-0.2, -0.15) is 30.6 Å². The van der Waals surface area contributed by atoms with E-state index < -0.39 is 13.3 Å². The summed E-state index contributed by atoms with van der Waals surface area (Å²) in [6.07, 6.45) is 9.83. The molecule has 0 fully saturated rings. The maximum absolute atomic E-state index is 9.43. The Morgan fingerprint density at radius 2 is 0.760 bits per heavy atom. The van der Waals surface area contributed by atoms with Crippen molar-refractivity contribution >= 4 is 13.3 Å². The number of carboxylic acid groups (broad SMARTS) is 1. The van der Waals surface area contributed by atoms with Gasteiger partial charge in [0, 0.05) is 37.2 Å². The number of rotatable bonds is 1. The zero-order valence-electron chi connectivity index (χ0n) is 12.7. The van der Waals surface area contributed by atoms with E-state index in [1.165, 1.54) is 0 Å². The molecule has 0 amide bonds. The van der Waals surface area contributed by atoms with Crippen LogP contribution in [0.3, 0.4) is 0 Å². The van der Waals surface area contributed by atoms with Crippen molar-refractivity contribution in [1.82, 2.24) is 30.6 Å². The van der Waals surface area contributed by atoms with Crippen LogP contribution < -0.4 is 0 Å². The molecule has 0 unspecified atom stereocenters. The molecule has 0 saturated carbocycles. The summed E-state index contributed by atoms with van der Waals surface area (Å²) in [6, 6.07) is 11.0. The van der Waals surface area contributed by atoms with Gasteiger partial charge in [-0.1, -0.05) is 0 Å². The van der Waals surface area contributed by atoms with E-state index in [2.05, 4.69) is 30.6 Å². The summed E-state index contributed by atoms with van der Waals surface area (Å²) in [7, 11) is -4.82. The molecular weight excluding hydrogens is 351 g/mol. The minimum absolute atomic E-state index is 1.64. The minimum Gasteiger partial charge on any atom is -0.472 e. The molecule has 0 radical (unpaired) electrons. The molecule has 11 nitrogen and oxygen atoms in total. The van der Waals surface area contributed by atoms with Gasteiger partial charge in [-0.25, -0.2) is 9.36 Å². The fraction of sp³-hybridized carbons (Fsp3) is 0. The van der Waals surface area contributed by atoms with Gasteiger partial charge >= 0.3 is 13.3 Å². The summed E-state index contributed by atoms with van der Waals surface area (Å²) in [6.45, 7) is 0. The van der Waals surface area contributed by atoms with Crippen molar-refractivity contribution < 1.29 is 24.3 Å². The Morgan fingerprint density at radius 3 is 0.800 bits per heavy atom.